The van der Waals surface area contributed by atoms with E-state index in [2.05, 4.69) is 29.8 Å². The molecule has 1 aromatic rings. The summed E-state index contributed by atoms with van der Waals surface area (Å²) in [5.74, 6) is 2.39. The Balaban J connectivity index is 1.98. The number of hydrogen-bond donors (Lipinski definition) is 3. The number of thioether (sulfide) groups is 1. The van der Waals surface area contributed by atoms with Crippen LogP contribution in [0.3, 0.4) is 0 Å². The van der Waals surface area contributed by atoms with Crippen molar-refractivity contribution in [3.8, 4) is 0 Å². The number of nitrogens with one attached hydrogen (secondary N) is 3. The quantitative estimate of drug-likeness (QED) is 0.801. The Bertz CT molecular complexity index is 459. The van der Waals surface area contributed by atoms with Crippen molar-refractivity contribution in [3.05, 3.63) is 24.3 Å². The molecule has 1 saturated heterocycles. The maximum Gasteiger partial charge on any atom is 0.318 e. The largest absolute Gasteiger partial charge is 0.381 e. The van der Waals surface area contributed by atoms with E-state index in [1.165, 1.54) is 12.2 Å². The summed E-state index contributed by atoms with van der Waals surface area (Å²) < 4.78 is 0. The van der Waals surface area contributed by atoms with Crippen molar-refractivity contribution in [3.63, 3.8) is 0 Å². The van der Waals surface area contributed by atoms with E-state index in [0.29, 0.717) is 11.5 Å². The van der Waals surface area contributed by atoms with Gasteiger partial charge in [-0.25, -0.2) is 4.79 Å². The number of urea groups is 1. The third-order valence-corrected chi connectivity index (χ3v) is 4.89. The summed E-state index contributed by atoms with van der Waals surface area (Å²) in [5.41, 5.74) is 2.23. The van der Waals surface area contributed by atoms with Gasteiger partial charge in [-0.1, -0.05) is 13.8 Å². The Kier molecular flexibility index (Phi) is 4.81. The molecule has 0 spiro atoms. The second-order valence-corrected chi connectivity index (χ2v) is 6.94. The number of hydrogen-bond acceptors (Lipinski definition) is 3. The second-order valence-electron chi connectivity index (χ2n) is 5.79. The van der Waals surface area contributed by atoms with Crippen LogP contribution >= 0.6 is 11.8 Å². The van der Waals surface area contributed by atoms with Gasteiger partial charge in [0, 0.05) is 30.2 Å². The SMILES string of the molecule is CNC(=O)Nc1ccc(NC2CSCCC2(C)C)cc1. The van der Waals surface area contributed by atoms with Crippen LogP contribution in [-0.2, 0) is 0 Å². The van der Waals surface area contributed by atoms with E-state index in [4.69, 9.17) is 0 Å². The zero-order chi connectivity index (χ0) is 14.6. The van der Waals surface area contributed by atoms with Crippen LogP contribution in [0.5, 0.6) is 0 Å². The van der Waals surface area contributed by atoms with Gasteiger partial charge >= 0.3 is 6.03 Å². The monoisotopic (exact) mass is 293 g/mol. The highest BCUT2D eigenvalue weighted by Crippen LogP contribution is 2.36. The van der Waals surface area contributed by atoms with E-state index in [0.717, 1.165) is 17.1 Å². The van der Waals surface area contributed by atoms with Crippen molar-refractivity contribution in [2.45, 2.75) is 26.3 Å². The molecule has 1 aliphatic heterocycles. The molecule has 4 nitrogen and oxygen atoms in total. The van der Waals surface area contributed by atoms with Gasteiger partial charge in [0.2, 0.25) is 0 Å². The molecule has 0 saturated carbocycles. The molecule has 1 aliphatic rings. The summed E-state index contributed by atoms with van der Waals surface area (Å²) in [6.07, 6.45) is 1.24. The molecule has 110 valence electrons. The van der Waals surface area contributed by atoms with Gasteiger partial charge in [-0.3, -0.25) is 0 Å². The highest BCUT2D eigenvalue weighted by Gasteiger charge is 2.32. The van der Waals surface area contributed by atoms with Gasteiger partial charge in [0.05, 0.1) is 0 Å². The lowest BCUT2D eigenvalue weighted by Gasteiger charge is -2.39. The normalized spacial score (nSPS) is 21.1. The van der Waals surface area contributed by atoms with Crippen molar-refractivity contribution < 1.29 is 4.79 Å². The smallest absolute Gasteiger partial charge is 0.318 e. The average molecular weight is 293 g/mol. The number of benzene rings is 1. The molecule has 1 aromatic carbocycles. The number of rotatable bonds is 3. The van der Waals surface area contributed by atoms with E-state index >= 15 is 0 Å². The molecule has 1 heterocycles. The summed E-state index contributed by atoms with van der Waals surface area (Å²) in [7, 11) is 1.61. The first-order valence-corrected chi connectivity index (χ1v) is 8.10. The van der Waals surface area contributed by atoms with Crippen LogP contribution in [0.15, 0.2) is 24.3 Å². The van der Waals surface area contributed by atoms with E-state index < -0.39 is 0 Å². The molecule has 1 atom stereocenters. The molecular weight excluding hydrogens is 270 g/mol. The molecule has 1 fully saturated rings. The van der Waals surface area contributed by atoms with Gasteiger partial charge < -0.3 is 16.0 Å². The first-order valence-electron chi connectivity index (χ1n) is 6.94. The minimum absolute atomic E-state index is 0.199. The summed E-state index contributed by atoms with van der Waals surface area (Å²) in [4.78, 5) is 11.2. The van der Waals surface area contributed by atoms with Crippen molar-refractivity contribution in [1.29, 1.82) is 0 Å². The maximum absolute atomic E-state index is 11.2. The Morgan fingerprint density at radius 3 is 2.50 bits per heavy atom. The molecule has 1 unspecified atom stereocenters. The summed E-state index contributed by atoms with van der Waals surface area (Å²) in [6.45, 7) is 4.65. The molecule has 0 radical (unpaired) electrons. The molecule has 0 aliphatic carbocycles. The van der Waals surface area contributed by atoms with Gasteiger partial charge in [0.15, 0.2) is 0 Å². The van der Waals surface area contributed by atoms with Gasteiger partial charge in [-0.15, -0.1) is 0 Å². The number of carbonyl (C=O) groups is 1. The Labute approximate surface area is 125 Å². The minimum Gasteiger partial charge on any atom is -0.381 e. The average Bonchev–Trinajstić information content (AvgIpc) is 2.43. The first-order chi connectivity index (χ1) is 9.51. The molecule has 0 aromatic heterocycles. The van der Waals surface area contributed by atoms with Crippen LogP contribution < -0.4 is 16.0 Å². The number of amides is 2. The summed E-state index contributed by atoms with van der Waals surface area (Å²) in [6, 6.07) is 8.15. The van der Waals surface area contributed by atoms with Crippen LogP contribution in [0.25, 0.3) is 0 Å². The van der Waals surface area contributed by atoms with Crippen molar-refractivity contribution in [2.75, 3.05) is 29.2 Å². The van der Waals surface area contributed by atoms with Crippen LogP contribution in [0.1, 0.15) is 20.3 Å². The van der Waals surface area contributed by atoms with E-state index in [1.54, 1.807) is 7.05 Å². The number of carbonyl (C=O) groups excluding carboxylic acids is 1. The lowest BCUT2D eigenvalue weighted by Crippen LogP contribution is -2.41. The predicted octanol–water partition coefficient (Wildman–Crippen LogP) is 3.38. The molecule has 3 N–H and O–H groups in total. The lowest BCUT2D eigenvalue weighted by atomic mass is 9.82. The fourth-order valence-corrected chi connectivity index (χ4v) is 3.83. The zero-order valence-corrected chi connectivity index (χ0v) is 13.1. The molecular formula is C15H23N3OS. The minimum atomic E-state index is -0.199. The number of anilines is 2. The van der Waals surface area contributed by atoms with Crippen LogP contribution in [-0.4, -0.2) is 30.6 Å². The Morgan fingerprint density at radius 1 is 1.25 bits per heavy atom. The lowest BCUT2D eigenvalue weighted by molar-refractivity contribution is 0.254. The van der Waals surface area contributed by atoms with Crippen LogP contribution in [0.4, 0.5) is 16.2 Å². The van der Waals surface area contributed by atoms with E-state index in [-0.39, 0.29) is 6.03 Å². The van der Waals surface area contributed by atoms with Gasteiger partial charge in [0.25, 0.3) is 0 Å². The highest BCUT2D eigenvalue weighted by molar-refractivity contribution is 7.99. The van der Waals surface area contributed by atoms with Gasteiger partial charge in [-0.2, -0.15) is 11.8 Å². The Morgan fingerprint density at radius 2 is 1.90 bits per heavy atom. The predicted molar refractivity (Wildman–Crippen MR) is 87.7 cm³/mol. The molecule has 20 heavy (non-hydrogen) atoms. The maximum atomic E-state index is 11.2. The third-order valence-electron chi connectivity index (χ3n) is 3.83. The highest BCUT2D eigenvalue weighted by atomic mass is 32.2. The van der Waals surface area contributed by atoms with Crippen LogP contribution in [0, 0.1) is 5.41 Å². The van der Waals surface area contributed by atoms with Gasteiger partial charge in [0.1, 0.15) is 0 Å². The topological polar surface area (TPSA) is 53.2 Å². The molecule has 5 heteroatoms. The van der Waals surface area contributed by atoms with E-state index in [9.17, 15) is 4.79 Å². The Hall–Kier alpha value is -1.36. The van der Waals surface area contributed by atoms with Crippen molar-refractivity contribution in [2.24, 2.45) is 5.41 Å². The molecule has 2 rings (SSSR count). The van der Waals surface area contributed by atoms with Crippen LogP contribution in [0.2, 0.25) is 0 Å². The van der Waals surface area contributed by atoms with Gasteiger partial charge in [-0.05, 0) is 41.9 Å². The third kappa shape index (κ3) is 3.82. The fourth-order valence-electron chi connectivity index (χ4n) is 2.22. The van der Waals surface area contributed by atoms with Crippen molar-refractivity contribution in [1.82, 2.24) is 5.32 Å². The fraction of sp³-hybridized carbons (Fsp3) is 0.533. The zero-order valence-electron chi connectivity index (χ0n) is 12.3. The summed E-state index contributed by atoms with van der Waals surface area (Å²) >= 11 is 2.01. The van der Waals surface area contributed by atoms with E-state index in [1.807, 2.05) is 36.0 Å². The molecule has 0 bridgehead atoms. The van der Waals surface area contributed by atoms with Crippen molar-refractivity contribution >= 4 is 29.2 Å². The summed E-state index contributed by atoms with van der Waals surface area (Å²) in [5, 5.41) is 8.91. The molecule has 2 amide bonds. The first kappa shape index (κ1) is 15.0. The standard InChI is InChI=1S/C15H23N3OS/c1-15(2)8-9-20-10-13(15)17-11-4-6-12(7-5-11)18-14(19)16-3/h4-7,13,17H,8-10H2,1-3H3,(H2,16,18,19). The second kappa shape index (κ2) is 6.39.